The second-order valence-corrected chi connectivity index (χ2v) is 9.59. The van der Waals surface area contributed by atoms with Crippen molar-refractivity contribution < 1.29 is 40.3 Å². The third kappa shape index (κ3) is 5.47. The minimum absolute atomic E-state index is 0.0124. The summed E-state index contributed by atoms with van der Waals surface area (Å²) in [6.45, 7) is -3.20. The van der Waals surface area contributed by atoms with Crippen LogP contribution in [0.15, 0.2) is 71.7 Å². The van der Waals surface area contributed by atoms with Gasteiger partial charge in [0.2, 0.25) is 0 Å². The van der Waals surface area contributed by atoms with Crippen LogP contribution in [0.4, 0.5) is 36.4 Å². The van der Waals surface area contributed by atoms with Crippen molar-refractivity contribution in [2.24, 2.45) is 0 Å². The molecular formula is C28H15ClF7N3O3. The van der Waals surface area contributed by atoms with E-state index in [0.717, 1.165) is 24.4 Å². The lowest BCUT2D eigenvalue weighted by Gasteiger charge is -2.19. The van der Waals surface area contributed by atoms with E-state index in [0.29, 0.717) is 12.1 Å². The van der Waals surface area contributed by atoms with Crippen molar-refractivity contribution in [3.8, 4) is 11.1 Å². The molecular weight excluding hydrogens is 595 g/mol. The third-order valence-corrected chi connectivity index (χ3v) is 6.82. The second-order valence-electron chi connectivity index (χ2n) is 9.18. The molecule has 2 amide bonds. The first-order valence-electron chi connectivity index (χ1n) is 11.9. The first-order chi connectivity index (χ1) is 19.7. The molecule has 5 rings (SSSR count). The first kappa shape index (κ1) is 28.9. The lowest BCUT2D eigenvalue weighted by Crippen LogP contribution is -2.21. The molecule has 0 saturated heterocycles. The second kappa shape index (κ2) is 10.6. The van der Waals surface area contributed by atoms with Gasteiger partial charge in [0.05, 0.1) is 11.6 Å². The molecule has 0 unspecified atom stereocenters. The van der Waals surface area contributed by atoms with Gasteiger partial charge in [0, 0.05) is 45.2 Å². The zero-order chi connectivity index (χ0) is 30.5. The Balaban J connectivity index is 1.69. The standard InChI is InChI=1S/C28H15ClF7N3O3/c29-20-3-2-16(30)10-18(20)24-23-19(26(42)38-24)7-13(12-1-4-22(40)39(11-12)27(32)33)8-21(23)37-25(41)14-5-15(28(34,35)36)9-17(31)6-14/h1-11,24,27H,(H,37,41)(H,38,42)/t24-/m0/s1. The van der Waals surface area contributed by atoms with E-state index in [1.54, 1.807) is 0 Å². The van der Waals surface area contributed by atoms with E-state index in [1.807, 2.05) is 0 Å². The summed E-state index contributed by atoms with van der Waals surface area (Å²) in [5.41, 5.74) is -3.32. The molecule has 0 spiro atoms. The van der Waals surface area contributed by atoms with Gasteiger partial charge < -0.3 is 10.6 Å². The summed E-state index contributed by atoms with van der Waals surface area (Å²) in [7, 11) is 0. The molecule has 42 heavy (non-hydrogen) atoms. The number of nitrogens with zero attached hydrogens (tertiary/aromatic N) is 1. The molecule has 2 heterocycles. The molecule has 0 bridgehead atoms. The number of alkyl halides is 5. The number of hydrogen-bond acceptors (Lipinski definition) is 3. The van der Waals surface area contributed by atoms with E-state index in [9.17, 15) is 45.1 Å². The number of pyridine rings is 1. The number of benzene rings is 3. The van der Waals surface area contributed by atoms with E-state index in [1.165, 1.54) is 24.3 Å². The summed E-state index contributed by atoms with van der Waals surface area (Å²) in [6.07, 6.45) is -4.15. The molecule has 3 aromatic carbocycles. The topological polar surface area (TPSA) is 80.2 Å². The number of amides is 2. The molecule has 1 aliphatic heterocycles. The van der Waals surface area contributed by atoms with E-state index in [-0.39, 0.29) is 49.2 Å². The average molecular weight is 610 g/mol. The molecule has 0 aliphatic carbocycles. The van der Waals surface area contributed by atoms with Crippen LogP contribution >= 0.6 is 11.6 Å². The van der Waals surface area contributed by atoms with Gasteiger partial charge >= 0.3 is 12.7 Å². The largest absolute Gasteiger partial charge is 0.416 e. The Hall–Kier alpha value is -4.65. The molecule has 4 aromatic rings. The zero-order valence-electron chi connectivity index (χ0n) is 20.7. The highest BCUT2D eigenvalue weighted by molar-refractivity contribution is 6.31. The number of hydrogen-bond donors (Lipinski definition) is 2. The van der Waals surface area contributed by atoms with Gasteiger partial charge in [-0.3, -0.25) is 19.0 Å². The summed E-state index contributed by atoms with van der Waals surface area (Å²) in [5, 5.41) is 4.97. The number of carbonyl (C=O) groups excluding carboxylic acids is 2. The molecule has 216 valence electrons. The van der Waals surface area contributed by atoms with Crippen molar-refractivity contribution in [2.45, 2.75) is 18.8 Å². The van der Waals surface area contributed by atoms with Crippen LogP contribution in [-0.2, 0) is 6.18 Å². The number of aromatic nitrogens is 1. The summed E-state index contributed by atoms with van der Waals surface area (Å²) in [6, 6.07) is 7.89. The Morgan fingerprint density at radius 3 is 2.36 bits per heavy atom. The monoisotopic (exact) mass is 609 g/mol. The number of carbonyl (C=O) groups is 2. The minimum Gasteiger partial charge on any atom is -0.341 e. The van der Waals surface area contributed by atoms with Crippen LogP contribution in [0.5, 0.6) is 0 Å². The highest BCUT2D eigenvalue weighted by Gasteiger charge is 2.36. The molecule has 0 saturated carbocycles. The molecule has 14 heteroatoms. The highest BCUT2D eigenvalue weighted by atomic mass is 35.5. The quantitative estimate of drug-likeness (QED) is 0.241. The van der Waals surface area contributed by atoms with Gasteiger partial charge in [0.15, 0.2) is 0 Å². The van der Waals surface area contributed by atoms with Crippen molar-refractivity contribution in [3.63, 3.8) is 0 Å². The number of halogens is 8. The van der Waals surface area contributed by atoms with Crippen LogP contribution in [0, 0.1) is 11.6 Å². The molecule has 1 aromatic heterocycles. The first-order valence-corrected chi connectivity index (χ1v) is 12.2. The fourth-order valence-corrected chi connectivity index (χ4v) is 4.80. The van der Waals surface area contributed by atoms with Gasteiger partial charge in [-0.2, -0.15) is 22.0 Å². The van der Waals surface area contributed by atoms with Crippen LogP contribution < -0.4 is 16.2 Å². The van der Waals surface area contributed by atoms with Crippen LogP contribution in [0.1, 0.15) is 50.0 Å². The number of rotatable bonds is 5. The lowest BCUT2D eigenvalue weighted by molar-refractivity contribution is -0.137. The zero-order valence-corrected chi connectivity index (χ0v) is 21.5. The van der Waals surface area contributed by atoms with E-state index < -0.39 is 58.9 Å². The van der Waals surface area contributed by atoms with Crippen LogP contribution in [0.3, 0.4) is 0 Å². The summed E-state index contributed by atoms with van der Waals surface area (Å²) >= 11 is 6.25. The summed E-state index contributed by atoms with van der Waals surface area (Å²) in [5.74, 6) is -4.00. The molecule has 2 N–H and O–H groups in total. The Morgan fingerprint density at radius 2 is 1.67 bits per heavy atom. The number of fused-ring (bicyclic) bond motifs is 1. The van der Waals surface area contributed by atoms with Crippen molar-refractivity contribution in [3.05, 3.63) is 122 Å². The number of anilines is 1. The fraction of sp³-hybridized carbons (Fsp3) is 0.107. The van der Waals surface area contributed by atoms with Crippen LogP contribution in [-0.4, -0.2) is 16.4 Å². The highest BCUT2D eigenvalue weighted by Crippen LogP contribution is 2.42. The normalized spacial score (nSPS) is 14.6. The van der Waals surface area contributed by atoms with E-state index in [4.69, 9.17) is 11.6 Å². The Labute approximate surface area is 236 Å². The Kier molecular flexibility index (Phi) is 7.31. The molecule has 0 fully saturated rings. The average Bonchev–Trinajstić information content (AvgIpc) is 3.25. The van der Waals surface area contributed by atoms with E-state index in [2.05, 4.69) is 10.6 Å². The van der Waals surface area contributed by atoms with Crippen molar-refractivity contribution >= 4 is 29.1 Å². The molecule has 0 radical (unpaired) electrons. The predicted octanol–water partition coefficient (Wildman–Crippen LogP) is 6.95. The maximum Gasteiger partial charge on any atom is 0.416 e. The van der Waals surface area contributed by atoms with Crippen molar-refractivity contribution in [1.29, 1.82) is 0 Å². The molecule has 1 aliphatic rings. The van der Waals surface area contributed by atoms with Crippen molar-refractivity contribution in [2.75, 3.05) is 5.32 Å². The smallest absolute Gasteiger partial charge is 0.341 e. The van der Waals surface area contributed by atoms with Gasteiger partial charge in [-0.25, -0.2) is 8.78 Å². The van der Waals surface area contributed by atoms with Gasteiger partial charge in [-0.1, -0.05) is 11.6 Å². The Morgan fingerprint density at radius 1 is 0.929 bits per heavy atom. The van der Waals surface area contributed by atoms with Gasteiger partial charge in [-0.15, -0.1) is 0 Å². The van der Waals surface area contributed by atoms with E-state index >= 15 is 0 Å². The Bertz CT molecular complexity index is 1820. The van der Waals surface area contributed by atoms with Crippen molar-refractivity contribution in [1.82, 2.24) is 9.88 Å². The lowest BCUT2D eigenvalue weighted by atomic mass is 9.93. The summed E-state index contributed by atoms with van der Waals surface area (Å²) in [4.78, 5) is 38.0. The maximum atomic E-state index is 14.1. The maximum absolute atomic E-state index is 14.1. The SMILES string of the molecule is O=C(Nc1cc(-c2ccc(=O)n(C(F)F)c2)cc2c1[C@H](c1cc(F)ccc1Cl)NC2=O)c1cc(F)cc(C(F)(F)F)c1. The minimum atomic E-state index is -4.97. The molecule has 6 nitrogen and oxygen atoms in total. The van der Waals surface area contributed by atoms with Gasteiger partial charge in [0.25, 0.3) is 17.4 Å². The van der Waals surface area contributed by atoms with Gasteiger partial charge in [-0.05, 0) is 65.7 Å². The predicted molar refractivity (Wildman–Crippen MR) is 137 cm³/mol. The third-order valence-electron chi connectivity index (χ3n) is 6.48. The van der Waals surface area contributed by atoms with Gasteiger partial charge in [0.1, 0.15) is 11.6 Å². The summed E-state index contributed by atoms with van der Waals surface area (Å²) < 4.78 is 94.9. The molecule has 1 atom stereocenters. The van der Waals surface area contributed by atoms with Crippen LogP contribution in [0.25, 0.3) is 11.1 Å². The number of nitrogens with one attached hydrogen (secondary N) is 2. The fourth-order valence-electron chi connectivity index (χ4n) is 4.58. The van der Waals surface area contributed by atoms with Crippen LogP contribution in [0.2, 0.25) is 5.02 Å².